The van der Waals surface area contributed by atoms with Gasteiger partial charge < -0.3 is 24.4 Å². The first-order valence-electron chi connectivity index (χ1n) is 13.8. The maximum absolute atomic E-state index is 14.4. The summed E-state index contributed by atoms with van der Waals surface area (Å²) in [6.07, 6.45) is 7.78. The third-order valence-corrected chi connectivity index (χ3v) is 7.44. The van der Waals surface area contributed by atoms with Gasteiger partial charge in [0.25, 0.3) is 0 Å². The van der Waals surface area contributed by atoms with Crippen molar-refractivity contribution in [3.8, 4) is 23.2 Å². The van der Waals surface area contributed by atoms with E-state index in [2.05, 4.69) is 25.1 Å². The Morgan fingerprint density at radius 3 is 2.81 bits per heavy atom. The second-order valence-corrected chi connectivity index (χ2v) is 10.2. The fraction of sp³-hybridized carbons (Fsp3) is 0.333. The van der Waals surface area contributed by atoms with Crippen LogP contribution in [-0.2, 0) is 17.8 Å². The molecule has 6 rings (SSSR count). The van der Waals surface area contributed by atoms with Crippen LogP contribution in [0.25, 0.3) is 5.95 Å². The molecule has 0 saturated carbocycles. The lowest BCUT2D eigenvalue weighted by molar-refractivity contribution is -0.121. The Hall–Kier alpha value is -4.71. The molecule has 42 heavy (non-hydrogen) atoms. The number of halogens is 1. The topological polar surface area (TPSA) is 107 Å². The van der Waals surface area contributed by atoms with E-state index >= 15 is 0 Å². The number of carbonyl (C=O) groups is 1. The van der Waals surface area contributed by atoms with E-state index in [9.17, 15) is 9.18 Å². The minimum absolute atomic E-state index is 0.0491. The maximum Gasteiger partial charge on any atom is 0.236 e. The lowest BCUT2D eigenvalue weighted by Crippen LogP contribution is -2.54. The average Bonchev–Trinajstić information content (AvgIpc) is 3.70. The SMILES string of the molecule is COc1ccc(CN2CCN(c3ccnc(-n4ccnc4)n3)C(CC(=O)NCCc3ccc4c(c3)OCO4)C2)cc1F. The van der Waals surface area contributed by atoms with Gasteiger partial charge in [-0.2, -0.15) is 4.98 Å². The van der Waals surface area contributed by atoms with Gasteiger partial charge in [0.2, 0.25) is 18.6 Å². The molecule has 2 aliphatic rings. The van der Waals surface area contributed by atoms with Crippen molar-refractivity contribution >= 4 is 11.7 Å². The van der Waals surface area contributed by atoms with Crippen LogP contribution < -0.4 is 24.4 Å². The molecular weight excluding hydrogens is 541 g/mol. The third-order valence-electron chi connectivity index (χ3n) is 7.44. The number of rotatable bonds is 10. The molecule has 1 atom stereocenters. The number of aromatic nitrogens is 4. The number of fused-ring (bicyclic) bond motifs is 1. The molecule has 2 aromatic heterocycles. The normalized spacial score (nSPS) is 16.4. The Kier molecular flexibility index (Phi) is 8.13. The molecule has 1 N–H and O–H groups in total. The molecule has 0 radical (unpaired) electrons. The molecule has 1 unspecified atom stereocenters. The second kappa shape index (κ2) is 12.4. The smallest absolute Gasteiger partial charge is 0.236 e. The summed E-state index contributed by atoms with van der Waals surface area (Å²) < 4.78 is 32.0. The number of nitrogens with zero attached hydrogens (tertiary/aromatic N) is 6. The second-order valence-electron chi connectivity index (χ2n) is 10.2. The first-order valence-corrected chi connectivity index (χ1v) is 13.8. The van der Waals surface area contributed by atoms with Crippen molar-refractivity contribution in [3.05, 3.63) is 84.3 Å². The standard InChI is InChI=1S/C30H32FN7O4/c1-40-25-4-3-22(14-24(25)31)17-36-12-13-38(28-7-9-34-30(35-28)37-11-10-32-19-37)23(18-36)16-29(39)33-8-6-21-2-5-26-27(15-21)42-20-41-26/h2-5,7,9-11,14-15,19,23H,6,8,12-13,16-18,20H2,1H3,(H,33,39). The van der Waals surface area contributed by atoms with Crippen LogP contribution in [0.2, 0.25) is 0 Å². The van der Waals surface area contributed by atoms with Crippen molar-refractivity contribution < 1.29 is 23.4 Å². The van der Waals surface area contributed by atoms with E-state index in [0.29, 0.717) is 38.5 Å². The molecule has 1 fully saturated rings. The molecule has 4 heterocycles. The Labute approximate surface area is 242 Å². The average molecular weight is 574 g/mol. The molecular formula is C30H32FN7O4. The van der Waals surface area contributed by atoms with Crippen LogP contribution in [0.15, 0.2) is 67.4 Å². The third kappa shape index (κ3) is 6.28. The summed E-state index contributed by atoms with van der Waals surface area (Å²) in [6, 6.07) is 12.5. The first kappa shape index (κ1) is 27.5. The molecule has 0 spiro atoms. The van der Waals surface area contributed by atoms with Gasteiger partial charge in [-0.1, -0.05) is 12.1 Å². The zero-order valence-corrected chi connectivity index (χ0v) is 23.3. The summed E-state index contributed by atoms with van der Waals surface area (Å²) in [5.41, 5.74) is 1.91. The van der Waals surface area contributed by atoms with Crippen molar-refractivity contribution in [1.82, 2.24) is 29.7 Å². The van der Waals surface area contributed by atoms with E-state index < -0.39 is 0 Å². The van der Waals surface area contributed by atoms with Gasteiger partial charge in [0.1, 0.15) is 12.1 Å². The van der Waals surface area contributed by atoms with E-state index in [1.54, 1.807) is 35.6 Å². The number of benzene rings is 2. The van der Waals surface area contributed by atoms with Crippen molar-refractivity contribution in [2.45, 2.75) is 25.4 Å². The monoisotopic (exact) mass is 573 g/mol. The summed E-state index contributed by atoms with van der Waals surface area (Å²) in [5.74, 6) is 2.50. The summed E-state index contributed by atoms with van der Waals surface area (Å²) in [6.45, 7) is 3.26. The van der Waals surface area contributed by atoms with Gasteiger partial charge in [-0.25, -0.2) is 14.4 Å². The number of methoxy groups -OCH3 is 1. The molecule has 0 bridgehead atoms. The number of imidazole rings is 1. The number of hydrogen-bond donors (Lipinski definition) is 1. The fourth-order valence-electron chi connectivity index (χ4n) is 5.34. The van der Waals surface area contributed by atoms with Crippen LogP contribution in [0.5, 0.6) is 17.2 Å². The van der Waals surface area contributed by atoms with Crippen molar-refractivity contribution in [3.63, 3.8) is 0 Å². The largest absolute Gasteiger partial charge is 0.494 e. The van der Waals surface area contributed by atoms with Crippen molar-refractivity contribution in [2.75, 3.05) is 45.0 Å². The molecule has 0 aliphatic carbocycles. The fourth-order valence-corrected chi connectivity index (χ4v) is 5.34. The highest BCUT2D eigenvalue weighted by Crippen LogP contribution is 2.32. The van der Waals surface area contributed by atoms with Crippen LogP contribution in [0.4, 0.5) is 10.2 Å². The molecule has 2 aliphatic heterocycles. The predicted molar refractivity (Wildman–Crippen MR) is 152 cm³/mol. The molecule has 4 aromatic rings. The number of anilines is 1. The van der Waals surface area contributed by atoms with E-state index in [1.165, 1.54) is 13.2 Å². The lowest BCUT2D eigenvalue weighted by atomic mass is 10.1. The molecule has 12 heteroatoms. The van der Waals surface area contributed by atoms with Gasteiger partial charge in [0.05, 0.1) is 13.2 Å². The zero-order valence-electron chi connectivity index (χ0n) is 23.3. The Morgan fingerprint density at radius 2 is 1.98 bits per heavy atom. The van der Waals surface area contributed by atoms with Gasteiger partial charge in [-0.3, -0.25) is 14.3 Å². The van der Waals surface area contributed by atoms with E-state index in [1.807, 2.05) is 30.3 Å². The Bertz CT molecular complexity index is 1530. The number of carbonyl (C=O) groups excluding carboxylic acids is 1. The van der Waals surface area contributed by atoms with Crippen molar-refractivity contribution in [1.29, 1.82) is 0 Å². The van der Waals surface area contributed by atoms with Crippen molar-refractivity contribution in [2.24, 2.45) is 0 Å². The summed E-state index contributed by atoms with van der Waals surface area (Å²) in [7, 11) is 1.45. The lowest BCUT2D eigenvalue weighted by Gasteiger charge is -2.42. The first-order chi connectivity index (χ1) is 20.6. The van der Waals surface area contributed by atoms with Crippen LogP contribution in [0.3, 0.4) is 0 Å². The zero-order chi connectivity index (χ0) is 28.9. The van der Waals surface area contributed by atoms with Gasteiger partial charge in [-0.15, -0.1) is 0 Å². The highest BCUT2D eigenvalue weighted by molar-refractivity contribution is 5.77. The number of nitrogens with one attached hydrogen (secondary N) is 1. The predicted octanol–water partition coefficient (Wildman–Crippen LogP) is 2.98. The van der Waals surface area contributed by atoms with Gasteiger partial charge in [0.15, 0.2) is 23.1 Å². The number of amides is 1. The molecule has 218 valence electrons. The minimum Gasteiger partial charge on any atom is -0.494 e. The van der Waals surface area contributed by atoms with Gasteiger partial charge in [0, 0.05) is 57.7 Å². The summed E-state index contributed by atoms with van der Waals surface area (Å²) in [5, 5.41) is 3.07. The van der Waals surface area contributed by atoms with Crippen LogP contribution in [0, 0.1) is 5.82 Å². The Balaban J connectivity index is 1.14. The highest BCUT2D eigenvalue weighted by atomic mass is 19.1. The highest BCUT2D eigenvalue weighted by Gasteiger charge is 2.30. The Morgan fingerprint density at radius 1 is 1.10 bits per heavy atom. The summed E-state index contributed by atoms with van der Waals surface area (Å²) in [4.78, 5) is 30.8. The van der Waals surface area contributed by atoms with Crippen LogP contribution >= 0.6 is 0 Å². The molecule has 1 saturated heterocycles. The van der Waals surface area contributed by atoms with Crippen LogP contribution in [0.1, 0.15) is 17.5 Å². The maximum atomic E-state index is 14.4. The quantitative estimate of drug-likeness (QED) is 0.306. The molecule has 2 aromatic carbocycles. The van der Waals surface area contributed by atoms with Gasteiger partial charge in [-0.05, 0) is 47.9 Å². The minimum atomic E-state index is -0.389. The summed E-state index contributed by atoms with van der Waals surface area (Å²) >= 11 is 0. The van der Waals surface area contributed by atoms with Gasteiger partial charge >= 0.3 is 0 Å². The number of piperazine rings is 1. The van der Waals surface area contributed by atoms with Crippen LogP contribution in [-0.4, -0.2) is 76.4 Å². The van der Waals surface area contributed by atoms with E-state index in [-0.39, 0.29) is 36.7 Å². The number of ether oxygens (including phenoxy) is 3. The van der Waals surface area contributed by atoms with E-state index in [4.69, 9.17) is 19.2 Å². The molecule has 1 amide bonds. The van der Waals surface area contributed by atoms with E-state index in [0.717, 1.165) is 35.0 Å². The molecule has 11 nitrogen and oxygen atoms in total. The number of hydrogen-bond acceptors (Lipinski definition) is 9.